The first-order valence-corrected chi connectivity index (χ1v) is 14.0. The Hall–Kier alpha value is -4.07. The van der Waals surface area contributed by atoms with Gasteiger partial charge in [-0.2, -0.15) is 0 Å². The van der Waals surface area contributed by atoms with Gasteiger partial charge in [0, 0.05) is 28.6 Å². The summed E-state index contributed by atoms with van der Waals surface area (Å²) in [6.45, 7) is 1.18. The van der Waals surface area contributed by atoms with Gasteiger partial charge in [-0.3, -0.25) is 9.69 Å². The molecule has 0 spiro atoms. The molecule has 5 rings (SSSR count). The molecule has 0 fully saturated rings. The van der Waals surface area contributed by atoms with E-state index in [0.29, 0.717) is 23.3 Å². The maximum Gasteiger partial charge on any atom is 0.242 e. The van der Waals surface area contributed by atoms with Crippen LogP contribution in [0.3, 0.4) is 0 Å². The first kappa shape index (κ1) is 26.5. The molecule has 1 N–H and O–H groups in total. The van der Waals surface area contributed by atoms with Gasteiger partial charge in [0.15, 0.2) is 11.0 Å². The van der Waals surface area contributed by atoms with Gasteiger partial charge in [0.1, 0.15) is 0 Å². The van der Waals surface area contributed by atoms with Gasteiger partial charge in [-0.25, -0.2) is 0 Å². The Bertz CT molecular complexity index is 1460. The van der Waals surface area contributed by atoms with Gasteiger partial charge in [0.2, 0.25) is 5.91 Å². The van der Waals surface area contributed by atoms with Crippen molar-refractivity contribution in [2.45, 2.75) is 24.7 Å². The monoisotopic (exact) mass is 553 g/mol. The molecule has 4 aromatic carbocycles. The number of nitrogens with zero attached hydrogens (tertiary/aromatic N) is 4. The van der Waals surface area contributed by atoms with Crippen LogP contribution in [0.1, 0.15) is 11.4 Å². The molecule has 8 heteroatoms. The van der Waals surface area contributed by atoms with E-state index in [1.54, 1.807) is 4.90 Å². The normalized spacial score (nSPS) is 10.8. The molecule has 1 aromatic heterocycles. The second-order valence-corrected chi connectivity index (χ2v) is 10.2. The van der Waals surface area contributed by atoms with Crippen LogP contribution in [-0.2, 0) is 24.3 Å². The van der Waals surface area contributed by atoms with Crippen molar-refractivity contribution < 1.29 is 4.79 Å². The molecule has 0 unspecified atom stereocenters. The summed E-state index contributed by atoms with van der Waals surface area (Å²) in [6.07, 6.45) is 0.824. The number of carbonyl (C=O) groups excluding carboxylic acids is 1. The molecular formula is C31H28ClN5OS. The molecule has 0 radical (unpaired) electrons. The van der Waals surface area contributed by atoms with Crippen LogP contribution >= 0.6 is 23.4 Å². The molecule has 0 aliphatic heterocycles. The highest BCUT2D eigenvalue weighted by Crippen LogP contribution is 2.28. The summed E-state index contributed by atoms with van der Waals surface area (Å²) < 4.78 is 2.10. The molecule has 0 aliphatic rings. The number of hydrogen-bond acceptors (Lipinski definition) is 5. The van der Waals surface area contributed by atoms with Gasteiger partial charge in [-0.05, 0) is 54.4 Å². The molecular weight excluding hydrogens is 526 g/mol. The standard InChI is InChI=1S/C31H28ClN5OS/c32-25-13-10-14-26(21-25)33-22-29-34-35-31(36(29)20-19-24-11-4-1-5-12-24)39-23-30(38)37(27-15-6-2-7-16-27)28-17-8-3-9-18-28/h1-18,21,33H,19-20,22-23H2. The maximum absolute atomic E-state index is 13.6. The van der Waals surface area contributed by atoms with Gasteiger partial charge in [-0.15, -0.1) is 10.2 Å². The van der Waals surface area contributed by atoms with Crippen LogP contribution in [0, 0.1) is 0 Å². The molecule has 0 atom stereocenters. The predicted octanol–water partition coefficient (Wildman–Crippen LogP) is 7.24. The number of carbonyl (C=O) groups is 1. The smallest absolute Gasteiger partial charge is 0.242 e. The molecule has 1 amide bonds. The number of aromatic nitrogens is 3. The fourth-order valence-electron chi connectivity index (χ4n) is 4.23. The molecule has 0 saturated heterocycles. The third-order valence-electron chi connectivity index (χ3n) is 6.14. The Labute approximate surface area is 237 Å². The highest BCUT2D eigenvalue weighted by atomic mass is 35.5. The van der Waals surface area contributed by atoms with Gasteiger partial charge in [-0.1, -0.05) is 96.2 Å². The lowest BCUT2D eigenvalue weighted by atomic mass is 10.1. The molecule has 0 aliphatic carbocycles. The van der Waals surface area contributed by atoms with E-state index in [2.05, 4.69) is 32.2 Å². The lowest BCUT2D eigenvalue weighted by Gasteiger charge is -2.23. The number of amides is 1. The average molecular weight is 554 g/mol. The Morgan fingerprint density at radius 2 is 1.46 bits per heavy atom. The average Bonchev–Trinajstić information content (AvgIpc) is 3.37. The second kappa shape index (κ2) is 13.1. The number of thioether (sulfide) groups is 1. The molecule has 5 aromatic rings. The van der Waals surface area contributed by atoms with E-state index in [9.17, 15) is 4.79 Å². The van der Waals surface area contributed by atoms with Crippen molar-refractivity contribution in [2.75, 3.05) is 16.0 Å². The zero-order valence-corrected chi connectivity index (χ0v) is 22.9. The van der Waals surface area contributed by atoms with Crippen LogP contribution < -0.4 is 10.2 Å². The highest BCUT2D eigenvalue weighted by Gasteiger charge is 2.20. The number of halogens is 1. The van der Waals surface area contributed by atoms with E-state index in [1.165, 1.54) is 17.3 Å². The predicted molar refractivity (Wildman–Crippen MR) is 160 cm³/mol. The number of rotatable bonds is 11. The molecule has 6 nitrogen and oxygen atoms in total. The molecule has 1 heterocycles. The van der Waals surface area contributed by atoms with Crippen molar-refractivity contribution in [1.82, 2.24) is 14.8 Å². The number of para-hydroxylation sites is 2. The SMILES string of the molecule is O=C(CSc1nnc(CNc2cccc(Cl)c2)n1CCc1ccccc1)N(c1ccccc1)c1ccccc1. The Balaban J connectivity index is 1.35. The first-order valence-electron chi connectivity index (χ1n) is 12.7. The zero-order valence-electron chi connectivity index (χ0n) is 21.3. The third-order valence-corrected chi connectivity index (χ3v) is 7.33. The number of benzene rings is 4. The fourth-order valence-corrected chi connectivity index (χ4v) is 5.25. The number of hydrogen-bond donors (Lipinski definition) is 1. The van der Waals surface area contributed by atoms with E-state index in [4.69, 9.17) is 11.6 Å². The minimum Gasteiger partial charge on any atom is -0.378 e. The van der Waals surface area contributed by atoms with Crippen molar-refractivity contribution in [2.24, 2.45) is 0 Å². The number of anilines is 3. The Morgan fingerprint density at radius 3 is 2.10 bits per heavy atom. The van der Waals surface area contributed by atoms with Crippen LogP contribution in [0.5, 0.6) is 0 Å². The van der Waals surface area contributed by atoms with Crippen LogP contribution in [0.4, 0.5) is 17.1 Å². The lowest BCUT2D eigenvalue weighted by molar-refractivity contribution is -0.115. The number of aryl methyl sites for hydroxylation is 1. The minimum atomic E-state index is -0.0337. The minimum absolute atomic E-state index is 0.0337. The summed E-state index contributed by atoms with van der Waals surface area (Å²) in [5.41, 5.74) is 3.79. The first-order chi connectivity index (χ1) is 19.2. The van der Waals surface area contributed by atoms with Crippen molar-refractivity contribution >= 4 is 46.3 Å². The Morgan fingerprint density at radius 1 is 0.821 bits per heavy atom. The Kier molecular flexibility index (Phi) is 8.94. The van der Waals surface area contributed by atoms with Crippen LogP contribution in [0.2, 0.25) is 5.02 Å². The lowest BCUT2D eigenvalue weighted by Crippen LogP contribution is -2.27. The second-order valence-electron chi connectivity index (χ2n) is 8.84. The van der Waals surface area contributed by atoms with Gasteiger partial charge < -0.3 is 9.88 Å². The van der Waals surface area contributed by atoms with Gasteiger partial charge in [0.25, 0.3) is 0 Å². The van der Waals surface area contributed by atoms with Crippen LogP contribution in [0.15, 0.2) is 120 Å². The van der Waals surface area contributed by atoms with E-state index < -0.39 is 0 Å². The van der Waals surface area contributed by atoms with E-state index in [1.807, 2.05) is 103 Å². The van der Waals surface area contributed by atoms with Crippen molar-refractivity contribution in [3.63, 3.8) is 0 Å². The van der Waals surface area contributed by atoms with Crippen molar-refractivity contribution in [1.29, 1.82) is 0 Å². The van der Waals surface area contributed by atoms with Crippen LogP contribution in [0.25, 0.3) is 0 Å². The maximum atomic E-state index is 13.6. The van der Waals surface area contributed by atoms with Gasteiger partial charge >= 0.3 is 0 Å². The number of nitrogens with one attached hydrogen (secondary N) is 1. The quantitative estimate of drug-likeness (QED) is 0.175. The van der Waals surface area contributed by atoms with E-state index >= 15 is 0 Å². The van der Waals surface area contributed by atoms with Gasteiger partial charge in [0.05, 0.1) is 12.3 Å². The summed E-state index contributed by atoms with van der Waals surface area (Å²) in [7, 11) is 0. The summed E-state index contributed by atoms with van der Waals surface area (Å²) in [5, 5.41) is 13.7. The van der Waals surface area contributed by atoms with Crippen molar-refractivity contribution in [3.05, 3.63) is 132 Å². The summed E-state index contributed by atoms with van der Waals surface area (Å²) in [5.74, 6) is 0.979. The van der Waals surface area contributed by atoms with Crippen LogP contribution in [-0.4, -0.2) is 26.4 Å². The largest absolute Gasteiger partial charge is 0.378 e. The topological polar surface area (TPSA) is 63.1 Å². The molecule has 0 saturated carbocycles. The summed E-state index contributed by atoms with van der Waals surface area (Å²) in [4.78, 5) is 15.3. The van der Waals surface area contributed by atoms with E-state index in [-0.39, 0.29) is 11.7 Å². The fraction of sp³-hybridized carbons (Fsp3) is 0.129. The van der Waals surface area contributed by atoms with E-state index in [0.717, 1.165) is 29.3 Å². The molecule has 39 heavy (non-hydrogen) atoms. The third kappa shape index (κ3) is 7.07. The molecule has 0 bridgehead atoms. The zero-order chi connectivity index (χ0) is 26.9. The summed E-state index contributed by atoms with van der Waals surface area (Å²) >= 11 is 7.55. The summed E-state index contributed by atoms with van der Waals surface area (Å²) in [6, 6.07) is 37.3. The molecule has 196 valence electrons. The van der Waals surface area contributed by atoms with Crippen molar-refractivity contribution in [3.8, 4) is 0 Å². The highest BCUT2D eigenvalue weighted by molar-refractivity contribution is 7.99.